The number of sulfonamides is 1. The zero-order chi connectivity index (χ0) is 23.4. The van der Waals surface area contributed by atoms with Gasteiger partial charge in [-0.15, -0.1) is 10.2 Å². The number of rotatable bonds is 7. The number of hydrogen-bond donors (Lipinski definition) is 1. The second-order valence-electron chi connectivity index (χ2n) is 8.31. The molecule has 0 aliphatic carbocycles. The minimum absolute atomic E-state index is 0.0783. The molecule has 3 aromatic rings. The number of carbonyl (C=O) groups is 1. The molecule has 1 amide bonds. The quantitative estimate of drug-likeness (QED) is 0.528. The summed E-state index contributed by atoms with van der Waals surface area (Å²) in [5.41, 5.74) is 2.84. The zero-order valence-electron chi connectivity index (χ0n) is 18.8. The first-order chi connectivity index (χ1) is 15.9. The van der Waals surface area contributed by atoms with E-state index in [9.17, 15) is 13.2 Å². The third-order valence-electron chi connectivity index (χ3n) is 5.86. The predicted octanol–water partition coefficient (Wildman–Crippen LogP) is 4.62. The summed E-state index contributed by atoms with van der Waals surface area (Å²) in [5.74, 6) is -0.383. The van der Waals surface area contributed by atoms with E-state index < -0.39 is 10.0 Å². The highest BCUT2D eigenvalue weighted by Crippen LogP contribution is 2.32. The van der Waals surface area contributed by atoms with Gasteiger partial charge in [-0.2, -0.15) is 4.31 Å². The summed E-state index contributed by atoms with van der Waals surface area (Å²) in [5, 5.41) is 12.2. The molecule has 0 radical (unpaired) electrons. The standard InChI is InChI=1S/C24H28N4O3S2/c1-3-7-18-11-13-20(14-12-18)33(30,31)28-15-6-9-19(16-28)23-26-27-24(32-23)22(29)25-21-10-5-4-8-17(21)2/h4-5,8,10-14,19H,3,6-7,9,15-16H2,1-2H3,(H,25,29). The van der Waals surface area contributed by atoms with Crippen LogP contribution in [0.15, 0.2) is 53.4 Å². The van der Waals surface area contributed by atoms with E-state index in [-0.39, 0.29) is 16.8 Å². The van der Waals surface area contributed by atoms with Crippen molar-refractivity contribution in [2.75, 3.05) is 18.4 Å². The molecule has 2 aromatic carbocycles. The Labute approximate surface area is 198 Å². The molecular weight excluding hydrogens is 456 g/mol. The number of nitrogens with zero attached hydrogens (tertiary/aromatic N) is 3. The van der Waals surface area contributed by atoms with Crippen molar-refractivity contribution in [3.05, 3.63) is 69.7 Å². The van der Waals surface area contributed by atoms with E-state index >= 15 is 0 Å². The van der Waals surface area contributed by atoms with Crippen molar-refractivity contribution < 1.29 is 13.2 Å². The van der Waals surface area contributed by atoms with E-state index in [4.69, 9.17) is 0 Å². The van der Waals surface area contributed by atoms with Gasteiger partial charge in [0.1, 0.15) is 5.01 Å². The average molecular weight is 485 g/mol. The van der Waals surface area contributed by atoms with Gasteiger partial charge in [0.25, 0.3) is 5.91 Å². The van der Waals surface area contributed by atoms with Crippen molar-refractivity contribution in [1.29, 1.82) is 0 Å². The molecule has 1 fully saturated rings. The number of amides is 1. The molecule has 0 spiro atoms. The zero-order valence-corrected chi connectivity index (χ0v) is 20.5. The van der Waals surface area contributed by atoms with Gasteiger partial charge in [0, 0.05) is 24.7 Å². The van der Waals surface area contributed by atoms with Crippen LogP contribution in [0, 0.1) is 6.92 Å². The Morgan fingerprint density at radius 3 is 2.64 bits per heavy atom. The molecule has 174 valence electrons. The number of carbonyl (C=O) groups excluding carboxylic acids is 1. The topological polar surface area (TPSA) is 92.3 Å². The first-order valence-electron chi connectivity index (χ1n) is 11.2. The molecule has 0 saturated carbocycles. The Morgan fingerprint density at radius 1 is 1.15 bits per heavy atom. The number of aryl methyl sites for hydroxylation is 2. The van der Waals surface area contributed by atoms with E-state index in [2.05, 4.69) is 22.4 Å². The van der Waals surface area contributed by atoms with Crippen molar-refractivity contribution in [2.24, 2.45) is 0 Å². The van der Waals surface area contributed by atoms with Crippen LogP contribution < -0.4 is 5.32 Å². The number of benzene rings is 2. The van der Waals surface area contributed by atoms with Gasteiger partial charge in [-0.05, 0) is 55.5 Å². The fourth-order valence-corrected chi connectivity index (χ4v) is 6.40. The summed E-state index contributed by atoms with van der Waals surface area (Å²) < 4.78 is 28.0. The second kappa shape index (κ2) is 10.1. The van der Waals surface area contributed by atoms with Crippen LogP contribution in [0.5, 0.6) is 0 Å². The van der Waals surface area contributed by atoms with E-state index in [0.29, 0.717) is 23.0 Å². The molecule has 1 aliphatic heterocycles. The lowest BCUT2D eigenvalue weighted by molar-refractivity contribution is 0.102. The molecular formula is C24H28N4O3S2. The van der Waals surface area contributed by atoms with Gasteiger partial charge in [-0.3, -0.25) is 4.79 Å². The lowest BCUT2D eigenvalue weighted by atomic mass is 10.0. The fraction of sp³-hybridized carbons (Fsp3) is 0.375. The van der Waals surface area contributed by atoms with Crippen molar-refractivity contribution in [3.8, 4) is 0 Å². The summed E-state index contributed by atoms with van der Waals surface area (Å²) in [4.78, 5) is 13.0. The fourth-order valence-electron chi connectivity index (χ4n) is 4.01. The van der Waals surface area contributed by atoms with Crippen molar-refractivity contribution >= 4 is 33.0 Å². The number of aromatic nitrogens is 2. The molecule has 7 nitrogen and oxygen atoms in total. The average Bonchev–Trinajstić information content (AvgIpc) is 3.32. The first-order valence-corrected chi connectivity index (χ1v) is 13.4. The van der Waals surface area contributed by atoms with Gasteiger partial charge >= 0.3 is 0 Å². The van der Waals surface area contributed by atoms with Crippen LogP contribution in [-0.2, 0) is 16.4 Å². The van der Waals surface area contributed by atoms with E-state index in [1.807, 2.05) is 43.3 Å². The van der Waals surface area contributed by atoms with E-state index in [1.54, 1.807) is 12.1 Å². The smallest absolute Gasteiger partial charge is 0.286 e. The molecule has 33 heavy (non-hydrogen) atoms. The molecule has 2 heterocycles. The van der Waals surface area contributed by atoms with Gasteiger partial charge in [0.05, 0.1) is 4.90 Å². The lowest BCUT2D eigenvalue weighted by Gasteiger charge is -2.30. The number of para-hydroxylation sites is 1. The van der Waals surface area contributed by atoms with Crippen LogP contribution >= 0.6 is 11.3 Å². The molecule has 1 N–H and O–H groups in total. The van der Waals surface area contributed by atoms with Crippen molar-refractivity contribution in [1.82, 2.24) is 14.5 Å². The highest BCUT2D eigenvalue weighted by atomic mass is 32.2. The number of anilines is 1. The maximum atomic E-state index is 13.2. The Balaban J connectivity index is 1.46. The minimum Gasteiger partial charge on any atom is -0.320 e. The largest absolute Gasteiger partial charge is 0.320 e. The second-order valence-corrected chi connectivity index (χ2v) is 11.3. The van der Waals surface area contributed by atoms with Gasteiger partial charge < -0.3 is 5.32 Å². The van der Waals surface area contributed by atoms with Crippen LogP contribution in [0.2, 0.25) is 0 Å². The van der Waals surface area contributed by atoms with E-state index in [1.165, 1.54) is 15.6 Å². The Hall–Kier alpha value is -2.62. The molecule has 1 aliphatic rings. The van der Waals surface area contributed by atoms with Crippen LogP contribution in [0.4, 0.5) is 5.69 Å². The van der Waals surface area contributed by atoms with E-state index in [0.717, 1.165) is 42.5 Å². The van der Waals surface area contributed by atoms with Gasteiger partial charge in [-0.1, -0.05) is 55.0 Å². The van der Waals surface area contributed by atoms with Crippen molar-refractivity contribution in [2.45, 2.75) is 50.3 Å². The Bertz CT molecular complexity index is 1220. The molecule has 1 aromatic heterocycles. The summed E-state index contributed by atoms with van der Waals surface area (Å²) >= 11 is 1.23. The van der Waals surface area contributed by atoms with Gasteiger partial charge in [0.15, 0.2) is 0 Å². The SMILES string of the molecule is CCCc1ccc(S(=O)(=O)N2CCCC(c3nnc(C(=O)Nc4ccccc4C)s3)C2)cc1. The lowest BCUT2D eigenvalue weighted by Crippen LogP contribution is -2.39. The summed E-state index contributed by atoms with van der Waals surface area (Å²) in [7, 11) is -3.58. The summed E-state index contributed by atoms with van der Waals surface area (Å²) in [6, 6.07) is 14.7. The number of hydrogen-bond acceptors (Lipinski definition) is 6. The maximum absolute atomic E-state index is 13.2. The normalized spacial score (nSPS) is 17.1. The maximum Gasteiger partial charge on any atom is 0.286 e. The minimum atomic E-state index is -3.58. The van der Waals surface area contributed by atoms with Crippen LogP contribution in [0.1, 0.15) is 58.0 Å². The Morgan fingerprint density at radius 2 is 1.91 bits per heavy atom. The third kappa shape index (κ3) is 5.31. The molecule has 0 bridgehead atoms. The molecule has 1 saturated heterocycles. The predicted molar refractivity (Wildman–Crippen MR) is 130 cm³/mol. The monoisotopic (exact) mass is 484 g/mol. The number of nitrogens with one attached hydrogen (secondary N) is 1. The molecule has 1 unspecified atom stereocenters. The molecule has 1 atom stereocenters. The van der Waals surface area contributed by atoms with Crippen LogP contribution in [0.3, 0.4) is 0 Å². The van der Waals surface area contributed by atoms with Crippen LogP contribution in [0.25, 0.3) is 0 Å². The first kappa shape index (κ1) is 23.5. The van der Waals surface area contributed by atoms with Crippen LogP contribution in [-0.4, -0.2) is 41.9 Å². The summed E-state index contributed by atoms with van der Waals surface area (Å²) in [6.07, 6.45) is 3.51. The van der Waals surface area contributed by atoms with Gasteiger partial charge in [0.2, 0.25) is 15.0 Å². The summed E-state index contributed by atoms with van der Waals surface area (Å²) in [6.45, 7) is 4.85. The highest BCUT2D eigenvalue weighted by molar-refractivity contribution is 7.89. The molecule has 4 rings (SSSR count). The molecule has 9 heteroatoms. The van der Waals surface area contributed by atoms with Crippen molar-refractivity contribution in [3.63, 3.8) is 0 Å². The number of piperidine rings is 1. The Kier molecular flexibility index (Phi) is 7.21. The third-order valence-corrected chi connectivity index (χ3v) is 8.83. The highest BCUT2D eigenvalue weighted by Gasteiger charge is 2.32. The van der Waals surface area contributed by atoms with Gasteiger partial charge in [-0.25, -0.2) is 8.42 Å².